The molecule has 0 bridgehead atoms. The van der Waals surface area contributed by atoms with Gasteiger partial charge in [0.25, 0.3) is 0 Å². The number of nitrogens with zero attached hydrogens (tertiary/aromatic N) is 2. The minimum Gasteiger partial charge on any atom is -0.495 e. The van der Waals surface area contributed by atoms with Gasteiger partial charge in [0.15, 0.2) is 0 Å². The Morgan fingerprint density at radius 3 is 2.44 bits per heavy atom. The van der Waals surface area contributed by atoms with E-state index < -0.39 is 0 Å². The highest BCUT2D eigenvalue weighted by atomic mass is 16.5. The molecule has 174 valence electrons. The fraction of sp³-hybridized carbons (Fsp3) is 0.286. The molecule has 1 N–H and O–H groups in total. The average Bonchev–Trinajstić information content (AvgIpc) is 3.33. The molecule has 2 amide bonds. The summed E-state index contributed by atoms with van der Waals surface area (Å²) in [6.07, 6.45) is 2.56. The fourth-order valence-electron chi connectivity index (χ4n) is 5.23. The number of carbonyl (C=O) groups excluding carboxylic acids is 2. The highest BCUT2D eigenvalue weighted by Gasteiger charge is 2.45. The maximum Gasteiger partial charge on any atom is 0.246 e. The molecule has 0 spiro atoms. The van der Waals surface area contributed by atoms with E-state index in [1.165, 1.54) is 0 Å². The molecule has 34 heavy (non-hydrogen) atoms. The van der Waals surface area contributed by atoms with Gasteiger partial charge >= 0.3 is 0 Å². The van der Waals surface area contributed by atoms with E-state index in [1.807, 2.05) is 88.7 Å². The summed E-state index contributed by atoms with van der Waals surface area (Å²) in [4.78, 5) is 31.2. The maximum absolute atomic E-state index is 13.8. The van der Waals surface area contributed by atoms with Gasteiger partial charge in [0.05, 0.1) is 43.2 Å². The number of anilines is 3. The van der Waals surface area contributed by atoms with Crippen LogP contribution in [0.15, 0.2) is 78.9 Å². The van der Waals surface area contributed by atoms with Crippen molar-refractivity contribution in [2.24, 2.45) is 5.92 Å². The van der Waals surface area contributed by atoms with Crippen molar-refractivity contribution in [3.63, 3.8) is 0 Å². The summed E-state index contributed by atoms with van der Waals surface area (Å²) in [6.45, 7) is 0.603. The minimum atomic E-state index is -0.202. The van der Waals surface area contributed by atoms with Gasteiger partial charge in [-0.15, -0.1) is 0 Å². The van der Waals surface area contributed by atoms with Crippen molar-refractivity contribution in [2.75, 3.05) is 28.8 Å². The molecule has 5 rings (SSSR count). The molecule has 1 aliphatic carbocycles. The molecule has 3 aromatic rings. The zero-order valence-corrected chi connectivity index (χ0v) is 19.3. The van der Waals surface area contributed by atoms with E-state index in [0.29, 0.717) is 12.3 Å². The van der Waals surface area contributed by atoms with E-state index >= 15 is 0 Å². The van der Waals surface area contributed by atoms with Gasteiger partial charge in [-0.25, -0.2) is 0 Å². The molecule has 2 aliphatic rings. The van der Waals surface area contributed by atoms with Crippen molar-refractivity contribution in [3.05, 3.63) is 84.4 Å². The van der Waals surface area contributed by atoms with Gasteiger partial charge in [0.1, 0.15) is 5.75 Å². The van der Waals surface area contributed by atoms with Crippen molar-refractivity contribution < 1.29 is 14.3 Å². The third kappa shape index (κ3) is 4.12. The van der Waals surface area contributed by atoms with E-state index in [9.17, 15) is 9.59 Å². The zero-order chi connectivity index (χ0) is 23.5. The van der Waals surface area contributed by atoms with Gasteiger partial charge in [-0.1, -0.05) is 61.0 Å². The first kappa shape index (κ1) is 22.0. The SMILES string of the molecule is COc1ccccc1NCC(=O)N1c2ccccc2N(Cc2ccccc2)C(=O)C2CCCC21. The minimum absolute atomic E-state index is 0.0513. The van der Waals surface area contributed by atoms with Crippen LogP contribution < -0.4 is 19.9 Å². The molecule has 1 aliphatic heterocycles. The molecule has 6 heteroatoms. The normalized spacial score (nSPS) is 19.3. The lowest BCUT2D eigenvalue weighted by molar-refractivity contribution is -0.123. The van der Waals surface area contributed by atoms with Gasteiger partial charge in [-0.05, 0) is 42.7 Å². The zero-order valence-electron chi connectivity index (χ0n) is 19.3. The number of hydrogen-bond acceptors (Lipinski definition) is 4. The summed E-state index contributed by atoms with van der Waals surface area (Å²) in [7, 11) is 1.61. The molecule has 2 unspecified atom stereocenters. The van der Waals surface area contributed by atoms with E-state index in [-0.39, 0.29) is 30.3 Å². The Bertz CT molecular complexity index is 1180. The van der Waals surface area contributed by atoms with Crippen molar-refractivity contribution in [2.45, 2.75) is 31.8 Å². The predicted octanol–water partition coefficient (Wildman–Crippen LogP) is 4.86. The number of para-hydroxylation sites is 4. The second-order valence-electron chi connectivity index (χ2n) is 8.82. The number of fused-ring (bicyclic) bond motifs is 2. The van der Waals surface area contributed by atoms with Crippen LogP contribution in [-0.2, 0) is 16.1 Å². The van der Waals surface area contributed by atoms with Crippen LogP contribution in [0.2, 0.25) is 0 Å². The summed E-state index contributed by atoms with van der Waals surface area (Å²) in [6, 6.07) is 25.2. The van der Waals surface area contributed by atoms with E-state index in [0.717, 1.165) is 41.9 Å². The quantitative estimate of drug-likeness (QED) is 0.577. The van der Waals surface area contributed by atoms with Crippen molar-refractivity contribution >= 4 is 28.9 Å². The van der Waals surface area contributed by atoms with Gasteiger partial charge in [0, 0.05) is 6.04 Å². The summed E-state index contributed by atoms with van der Waals surface area (Å²) >= 11 is 0. The number of amides is 2. The Morgan fingerprint density at radius 2 is 1.65 bits per heavy atom. The van der Waals surface area contributed by atoms with Crippen molar-refractivity contribution in [1.82, 2.24) is 0 Å². The summed E-state index contributed by atoms with van der Waals surface area (Å²) in [5, 5.41) is 3.24. The van der Waals surface area contributed by atoms with Gasteiger partial charge in [0.2, 0.25) is 11.8 Å². The molecular weight excluding hydrogens is 426 g/mol. The van der Waals surface area contributed by atoms with Crippen LogP contribution >= 0.6 is 0 Å². The molecule has 1 fully saturated rings. The van der Waals surface area contributed by atoms with Crippen LogP contribution in [0.25, 0.3) is 0 Å². The van der Waals surface area contributed by atoms with Crippen LogP contribution in [0.3, 0.4) is 0 Å². The van der Waals surface area contributed by atoms with Crippen LogP contribution in [0, 0.1) is 5.92 Å². The summed E-state index contributed by atoms with van der Waals surface area (Å²) < 4.78 is 5.41. The molecule has 1 saturated carbocycles. The van der Waals surface area contributed by atoms with E-state index in [2.05, 4.69) is 5.32 Å². The van der Waals surface area contributed by atoms with Crippen LogP contribution in [0.5, 0.6) is 5.75 Å². The lowest BCUT2D eigenvalue weighted by Crippen LogP contribution is -2.46. The number of nitrogens with one attached hydrogen (secondary N) is 1. The predicted molar refractivity (Wildman–Crippen MR) is 134 cm³/mol. The molecule has 6 nitrogen and oxygen atoms in total. The van der Waals surface area contributed by atoms with Gasteiger partial charge in [-0.3, -0.25) is 9.59 Å². The van der Waals surface area contributed by atoms with Crippen LogP contribution in [-0.4, -0.2) is 31.5 Å². The second kappa shape index (κ2) is 9.59. The fourth-order valence-corrected chi connectivity index (χ4v) is 5.23. The van der Waals surface area contributed by atoms with E-state index in [1.54, 1.807) is 7.11 Å². The van der Waals surface area contributed by atoms with Gasteiger partial charge < -0.3 is 19.9 Å². The Balaban J connectivity index is 1.49. The maximum atomic E-state index is 13.8. The Kier molecular flexibility index (Phi) is 6.21. The average molecular weight is 456 g/mol. The third-order valence-corrected chi connectivity index (χ3v) is 6.82. The molecule has 3 aromatic carbocycles. The number of methoxy groups -OCH3 is 1. The first-order valence-electron chi connectivity index (χ1n) is 11.8. The van der Waals surface area contributed by atoms with Crippen LogP contribution in [0.4, 0.5) is 17.1 Å². The molecule has 1 heterocycles. The molecule has 0 aromatic heterocycles. The largest absolute Gasteiger partial charge is 0.495 e. The van der Waals surface area contributed by atoms with E-state index in [4.69, 9.17) is 4.74 Å². The summed E-state index contributed by atoms with van der Waals surface area (Å²) in [5.74, 6) is 0.539. The van der Waals surface area contributed by atoms with Crippen molar-refractivity contribution in [1.29, 1.82) is 0 Å². The Morgan fingerprint density at radius 1 is 0.941 bits per heavy atom. The lowest BCUT2D eigenvalue weighted by atomic mass is 10.0. The topological polar surface area (TPSA) is 61.9 Å². The second-order valence-corrected chi connectivity index (χ2v) is 8.82. The first-order chi connectivity index (χ1) is 16.7. The molecule has 0 radical (unpaired) electrons. The molecular formula is C28H29N3O3. The number of carbonyl (C=O) groups is 2. The Hall–Kier alpha value is -3.80. The molecule has 0 saturated heterocycles. The van der Waals surface area contributed by atoms with Crippen LogP contribution in [0.1, 0.15) is 24.8 Å². The highest BCUT2D eigenvalue weighted by Crippen LogP contribution is 2.43. The Labute approximate surface area is 200 Å². The highest BCUT2D eigenvalue weighted by molar-refractivity contribution is 6.07. The number of benzene rings is 3. The number of rotatable bonds is 6. The monoisotopic (exact) mass is 455 g/mol. The summed E-state index contributed by atoms with van der Waals surface area (Å²) in [5.41, 5.74) is 3.42. The number of ether oxygens (including phenoxy) is 1. The van der Waals surface area contributed by atoms with Crippen molar-refractivity contribution in [3.8, 4) is 5.75 Å². The molecule has 2 atom stereocenters. The van der Waals surface area contributed by atoms with Gasteiger partial charge in [-0.2, -0.15) is 0 Å². The standard InChI is InChI=1S/C28H29N3O3/c1-34-26-17-8-5-13-22(26)29-18-27(32)31-23-16-9-12-21(23)28(33)30(19-20-10-3-2-4-11-20)24-14-6-7-15-25(24)31/h2-8,10-11,13-15,17,21,23,29H,9,12,16,18-19H2,1H3. The third-order valence-electron chi connectivity index (χ3n) is 6.82. The smallest absolute Gasteiger partial charge is 0.246 e. The number of hydrogen-bond donors (Lipinski definition) is 1. The first-order valence-corrected chi connectivity index (χ1v) is 11.8. The lowest BCUT2D eigenvalue weighted by Gasteiger charge is -2.31.